The number of carbonyl (C=O) groups excluding carboxylic acids is 1. The first-order valence-corrected chi connectivity index (χ1v) is 8.05. The van der Waals surface area contributed by atoms with Crippen LogP contribution < -0.4 is 11.1 Å². The predicted molar refractivity (Wildman–Crippen MR) is 88.8 cm³/mol. The Balaban J connectivity index is 1.81. The average Bonchev–Trinajstić information content (AvgIpc) is 3.07. The van der Waals surface area contributed by atoms with Crippen LogP contribution in [0.4, 0.5) is 11.4 Å². The Morgan fingerprint density at radius 3 is 2.77 bits per heavy atom. The fraction of sp³-hybridized carbons (Fsp3) is 0.444. The number of rotatable bonds is 1. The molecule has 1 heterocycles. The summed E-state index contributed by atoms with van der Waals surface area (Å²) in [6, 6.07) is 5.79. The highest BCUT2D eigenvalue weighted by molar-refractivity contribution is 5.97. The molecule has 0 unspecified atom stereocenters. The molecule has 1 amide bonds. The second-order valence-electron chi connectivity index (χ2n) is 6.92. The van der Waals surface area contributed by atoms with Gasteiger partial charge >= 0.3 is 0 Å². The molecule has 4 rings (SSSR count). The highest BCUT2D eigenvalue weighted by Gasteiger charge is 2.41. The van der Waals surface area contributed by atoms with Crippen LogP contribution in [0.15, 0.2) is 18.2 Å². The molecule has 0 bridgehead atoms. The maximum absolute atomic E-state index is 11.2. The molecule has 2 aliphatic rings. The summed E-state index contributed by atoms with van der Waals surface area (Å²) in [6.45, 7) is 1.51. The molecular formula is C18H21N3O. The van der Waals surface area contributed by atoms with Gasteiger partial charge in [0.25, 0.3) is 0 Å². The van der Waals surface area contributed by atoms with E-state index in [9.17, 15) is 4.79 Å². The minimum Gasteiger partial charge on any atom is -0.398 e. The molecule has 2 aromatic rings. The number of pyridine rings is 1. The number of fused-ring (bicyclic) bond motifs is 2. The molecule has 0 aliphatic heterocycles. The second kappa shape index (κ2) is 4.70. The molecule has 1 saturated carbocycles. The summed E-state index contributed by atoms with van der Waals surface area (Å²) < 4.78 is 0. The summed E-state index contributed by atoms with van der Waals surface area (Å²) in [4.78, 5) is 16.1. The Hall–Kier alpha value is -2.10. The van der Waals surface area contributed by atoms with Gasteiger partial charge in [-0.2, -0.15) is 0 Å². The molecule has 2 aliphatic carbocycles. The van der Waals surface area contributed by atoms with Gasteiger partial charge < -0.3 is 11.1 Å². The van der Waals surface area contributed by atoms with Crippen LogP contribution in [-0.2, 0) is 17.6 Å². The normalized spacial score (nSPS) is 18.8. The summed E-state index contributed by atoms with van der Waals surface area (Å²) in [5.74, 6) is -0.0723. The smallest absolute Gasteiger partial charge is 0.221 e. The number of hydrogen-bond donors (Lipinski definition) is 2. The molecule has 4 nitrogen and oxygen atoms in total. The van der Waals surface area contributed by atoms with Crippen molar-refractivity contribution >= 4 is 28.2 Å². The van der Waals surface area contributed by atoms with Gasteiger partial charge in [0.1, 0.15) is 0 Å². The van der Waals surface area contributed by atoms with Crippen LogP contribution in [0.2, 0.25) is 0 Å². The number of amides is 1. The first-order valence-electron chi connectivity index (χ1n) is 8.05. The Labute approximate surface area is 130 Å². The number of nitrogens with one attached hydrogen (secondary N) is 1. The molecule has 22 heavy (non-hydrogen) atoms. The van der Waals surface area contributed by atoms with Gasteiger partial charge in [0.15, 0.2) is 0 Å². The van der Waals surface area contributed by atoms with Crippen LogP contribution in [0.3, 0.4) is 0 Å². The van der Waals surface area contributed by atoms with Crippen LogP contribution in [0.5, 0.6) is 0 Å². The predicted octanol–water partition coefficient (Wildman–Crippen LogP) is 3.43. The minimum absolute atomic E-state index is 0.0723. The first kappa shape index (κ1) is 13.6. The van der Waals surface area contributed by atoms with Crippen LogP contribution in [0.1, 0.15) is 43.9 Å². The Morgan fingerprint density at radius 1 is 1.27 bits per heavy atom. The lowest BCUT2D eigenvalue weighted by Gasteiger charge is -2.21. The molecule has 0 saturated heterocycles. The lowest BCUT2D eigenvalue weighted by atomic mass is 9.83. The number of hydrogen-bond acceptors (Lipinski definition) is 3. The topological polar surface area (TPSA) is 68.0 Å². The van der Waals surface area contributed by atoms with E-state index in [1.807, 2.05) is 18.2 Å². The Morgan fingerprint density at radius 2 is 2.05 bits per heavy atom. The number of benzene rings is 1. The van der Waals surface area contributed by atoms with Crippen molar-refractivity contribution in [1.82, 2.24) is 4.98 Å². The van der Waals surface area contributed by atoms with E-state index in [1.165, 1.54) is 43.9 Å². The van der Waals surface area contributed by atoms with Crippen LogP contribution in [-0.4, -0.2) is 10.9 Å². The van der Waals surface area contributed by atoms with E-state index in [0.717, 1.165) is 35.1 Å². The van der Waals surface area contributed by atoms with Crippen molar-refractivity contribution in [3.8, 4) is 0 Å². The third-order valence-electron chi connectivity index (χ3n) is 5.29. The van der Waals surface area contributed by atoms with Gasteiger partial charge in [0.2, 0.25) is 5.91 Å². The number of nitrogens with zero attached hydrogens (tertiary/aromatic N) is 1. The van der Waals surface area contributed by atoms with Crippen molar-refractivity contribution in [3.63, 3.8) is 0 Å². The fourth-order valence-electron chi connectivity index (χ4n) is 4.28. The maximum atomic E-state index is 11.2. The summed E-state index contributed by atoms with van der Waals surface area (Å²) in [7, 11) is 0. The van der Waals surface area contributed by atoms with Crippen LogP contribution in [0, 0.1) is 5.41 Å². The quantitative estimate of drug-likeness (QED) is 0.847. The standard InChI is InChI=1S/C18H21N3O/c1-11(22)20-12-4-5-15-13(8-12)17(19)14-9-18(6-2-3-7-18)10-16(14)21-15/h4-5,8H,2-3,6-7,9-10H2,1H3,(H2,19,21)(H,20,22). The molecule has 0 atom stereocenters. The van der Waals surface area contributed by atoms with Crippen molar-refractivity contribution in [2.75, 3.05) is 11.1 Å². The van der Waals surface area contributed by atoms with E-state index >= 15 is 0 Å². The molecule has 1 fully saturated rings. The van der Waals surface area contributed by atoms with E-state index in [-0.39, 0.29) is 5.91 Å². The molecule has 1 aromatic carbocycles. The van der Waals surface area contributed by atoms with Gasteiger partial charge in [-0.3, -0.25) is 9.78 Å². The number of nitrogens with two attached hydrogens (primary N) is 1. The zero-order valence-corrected chi connectivity index (χ0v) is 12.9. The highest BCUT2D eigenvalue weighted by atomic mass is 16.1. The van der Waals surface area contributed by atoms with Crippen molar-refractivity contribution < 1.29 is 4.79 Å². The Bertz CT molecular complexity index is 775. The van der Waals surface area contributed by atoms with E-state index in [1.54, 1.807) is 0 Å². The van der Waals surface area contributed by atoms with Gasteiger partial charge in [-0.15, -0.1) is 0 Å². The van der Waals surface area contributed by atoms with Crippen LogP contribution >= 0.6 is 0 Å². The Kier molecular flexibility index (Phi) is 2.90. The average molecular weight is 295 g/mol. The number of anilines is 2. The van der Waals surface area contributed by atoms with Gasteiger partial charge in [0, 0.05) is 29.4 Å². The van der Waals surface area contributed by atoms with Gasteiger partial charge in [-0.05, 0) is 54.9 Å². The molecular weight excluding hydrogens is 274 g/mol. The zero-order chi connectivity index (χ0) is 15.3. The van der Waals surface area contributed by atoms with Crippen molar-refractivity contribution in [3.05, 3.63) is 29.5 Å². The summed E-state index contributed by atoms with van der Waals surface area (Å²) in [6.07, 6.45) is 7.42. The van der Waals surface area contributed by atoms with Gasteiger partial charge in [0.05, 0.1) is 5.52 Å². The molecule has 114 valence electrons. The molecule has 4 heteroatoms. The first-order chi connectivity index (χ1) is 10.6. The summed E-state index contributed by atoms with van der Waals surface area (Å²) >= 11 is 0. The molecule has 1 aromatic heterocycles. The summed E-state index contributed by atoms with van der Waals surface area (Å²) in [5, 5.41) is 3.78. The largest absolute Gasteiger partial charge is 0.398 e. The lowest BCUT2D eigenvalue weighted by molar-refractivity contribution is -0.114. The number of nitrogen functional groups attached to an aromatic ring is 1. The summed E-state index contributed by atoms with van der Waals surface area (Å²) in [5.41, 5.74) is 11.9. The fourth-order valence-corrected chi connectivity index (χ4v) is 4.28. The molecule has 1 spiro atoms. The third kappa shape index (κ3) is 2.05. The van der Waals surface area contributed by atoms with Crippen molar-refractivity contribution in [1.29, 1.82) is 0 Å². The van der Waals surface area contributed by atoms with Gasteiger partial charge in [-0.25, -0.2) is 0 Å². The molecule has 0 radical (unpaired) electrons. The zero-order valence-electron chi connectivity index (χ0n) is 12.9. The monoisotopic (exact) mass is 295 g/mol. The highest BCUT2D eigenvalue weighted by Crippen LogP contribution is 2.50. The molecule has 3 N–H and O–H groups in total. The maximum Gasteiger partial charge on any atom is 0.221 e. The van der Waals surface area contributed by atoms with E-state index in [2.05, 4.69) is 5.32 Å². The third-order valence-corrected chi connectivity index (χ3v) is 5.29. The van der Waals surface area contributed by atoms with E-state index in [4.69, 9.17) is 10.7 Å². The minimum atomic E-state index is -0.0723. The second-order valence-corrected chi connectivity index (χ2v) is 6.92. The SMILES string of the molecule is CC(=O)Nc1ccc2nc3c(c(N)c2c1)CC1(CCCC1)C3. The van der Waals surface area contributed by atoms with Crippen LogP contribution in [0.25, 0.3) is 10.9 Å². The van der Waals surface area contributed by atoms with E-state index in [0.29, 0.717) is 5.41 Å². The van der Waals surface area contributed by atoms with Gasteiger partial charge in [-0.1, -0.05) is 12.8 Å². The van der Waals surface area contributed by atoms with Crippen molar-refractivity contribution in [2.24, 2.45) is 5.41 Å². The number of aromatic nitrogens is 1. The lowest BCUT2D eigenvalue weighted by Crippen LogP contribution is -2.16. The van der Waals surface area contributed by atoms with Crippen molar-refractivity contribution in [2.45, 2.75) is 45.4 Å². The number of carbonyl (C=O) groups is 1. The van der Waals surface area contributed by atoms with E-state index < -0.39 is 0 Å².